The molecule has 1 atom stereocenters. The van der Waals surface area contributed by atoms with E-state index in [9.17, 15) is 0 Å². The molecule has 0 saturated heterocycles. The van der Waals surface area contributed by atoms with Gasteiger partial charge in [-0.1, -0.05) is 79.7 Å². The van der Waals surface area contributed by atoms with Gasteiger partial charge in [-0.25, -0.2) is 0 Å². The van der Waals surface area contributed by atoms with Gasteiger partial charge < -0.3 is 0 Å². The van der Waals surface area contributed by atoms with Crippen molar-refractivity contribution in [2.45, 2.75) is 12.8 Å². The Morgan fingerprint density at radius 2 is 1.50 bits per heavy atom. The van der Waals surface area contributed by atoms with Gasteiger partial charge >= 0.3 is 0 Å². The predicted octanol–water partition coefficient (Wildman–Crippen LogP) is 5.57. The first-order chi connectivity index (χ1) is 10.8. The second-order valence-corrected chi connectivity index (χ2v) is 5.43. The first kappa shape index (κ1) is 14.3. The molecule has 0 radical (unpaired) electrons. The van der Waals surface area contributed by atoms with Crippen LogP contribution >= 0.6 is 0 Å². The van der Waals surface area contributed by atoms with Gasteiger partial charge in [0, 0.05) is 23.9 Å². The smallest absolute Gasteiger partial charge is 0.0346 e. The summed E-state index contributed by atoms with van der Waals surface area (Å²) in [5, 5.41) is 0. The molecule has 0 N–H and O–H groups in total. The van der Waals surface area contributed by atoms with Crippen LogP contribution in [-0.2, 0) is 0 Å². The molecule has 0 bridgehead atoms. The molecule has 1 nitrogen and oxygen atoms in total. The van der Waals surface area contributed by atoms with E-state index in [1.165, 1.54) is 16.7 Å². The van der Waals surface area contributed by atoms with E-state index in [2.05, 4.69) is 78.7 Å². The third-order valence-electron chi connectivity index (χ3n) is 3.77. The minimum absolute atomic E-state index is 0.330. The van der Waals surface area contributed by atoms with Crippen LogP contribution in [0.1, 0.15) is 24.0 Å². The van der Waals surface area contributed by atoms with E-state index in [4.69, 9.17) is 0 Å². The van der Waals surface area contributed by atoms with Gasteiger partial charge in [0.05, 0.1) is 0 Å². The normalized spacial score (nSPS) is 12.4. The second kappa shape index (κ2) is 6.86. The number of hydrogen-bond donors (Lipinski definition) is 0. The van der Waals surface area contributed by atoms with Crippen molar-refractivity contribution in [2.24, 2.45) is 0 Å². The third kappa shape index (κ3) is 3.50. The molecule has 3 aromatic rings. The van der Waals surface area contributed by atoms with Crippen LogP contribution in [-0.4, -0.2) is 4.98 Å². The van der Waals surface area contributed by atoms with Crippen molar-refractivity contribution in [3.05, 3.63) is 96.3 Å². The second-order valence-electron chi connectivity index (χ2n) is 5.43. The quantitative estimate of drug-likeness (QED) is 0.611. The van der Waals surface area contributed by atoms with Gasteiger partial charge in [0.15, 0.2) is 0 Å². The number of pyridine rings is 1. The molecule has 108 valence electrons. The molecule has 0 spiro atoms. The highest BCUT2D eigenvalue weighted by Crippen LogP contribution is 2.24. The minimum Gasteiger partial charge on any atom is -0.264 e. The van der Waals surface area contributed by atoms with Gasteiger partial charge in [0.1, 0.15) is 0 Å². The molecule has 1 unspecified atom stereocenters. The molecule has 1 heterocycles. The average molecular weight is 285 g/mol. The molecule has 0 aliphatic heterocycles. The largest absolute Gasteiger partial charge is 0.264 e. The standard InChI is InChI=1S/C21H19N/c1-17(12-13-18-8-4-2-5-9-18)20-14-21(16-22-15-20)19-10-6-3-7-11-19/h2-17H,1H3/b13-12+. The fourth-order valence-electron chi connectivity index (χ4n) is 2.43. The zero-order valence-electron chi connectivity index (χ0n) is 12.7. The summed E-state index contributed by atoms with van der Waals surface area (Å²) in [5.41, 5.74) is 4.82. The van der Waals surface area contributed by atoms with Gasteiger partial charge in [-0.05, 0) is 22.8 Å². The number of rotatable bonds is 4. The van der Waals surface area contributed by atoms with Crippen LogP contribution in [0.2, 0.25) is 0 Å². The molecule has 1 heteroatoms. The lowest BCUT2D eigenvalue weighted by molar-refractivity contribution is 0.959. The summed E-state index contributed by atoms with van der Waals surface area (Å²) in [6.45, 7) is 2.20. The molecule has 0 saturated carbocycles. The fraction of sp³-hybridized carbons (Fsp3) is 0.0952. The van der Waals surface area contributed by atoms with Crippen molar-refractivity contribution in [3.63, 3.8) is 0 Å². The predicted molar refractivity (Wildman–Crippen MR) is 93.6 cm³/mol. The maximum atomic E-state index is 4.40. The van der Waals surface area contributed by atoms with Crippen LogP contribution in [0.5, 0.6) is 0 Å². The van der Waals surface area contributed by atoms with E-state index in [0.717, 1.165) is 5.56 Å². The summed E-state index contributed by atoms with van der Waals surface area (Å²) in [6.07, 6.45) is 8.26. The first-order valence-electron chi connectivity index (χ1n) is 7.56. The van der Waals surface area contributed by atoms with Gasteiger partial charge in [0.25, 0.3) is 0 Å². The Labute approximate surface area is 132 Å². The van der Waals surface area contributed by atoms with Crippen LogP contribution in [0.15, 0.2) is 85.2 Å². The van der Waals surface area contributed by atoms with Gasteiger partial charge in [-0.2, -0.15) is 0 Å². The minimum atomic E-state index is 0.330. The van der Waals surface area contributed by atoms with E-state index in [0.29, 0.717) is 5.92 Å². The van der Waals surface area contributed by atoms with Crippen molar-refractivity contribution >= 4 is 6.08 Å². The highest BCUT2D eigenvalue weighted by atomic mass is 14.6. The van der Waals surface area contributed by atoms with Crippen LogP contribution in [0.25, 0.3) is 17.2 Å². The van der Waals surface area contributed by atoms with Crippen molar-refractivity contribution < 1.29 is 0 Å². The zero-order chi connectivity index (χ0) is 15.2. The van der Waals surface area contributed by atoms with Crippen molar-refractivity contribution in [1.29, 1.82) is 0 Å². The highest BCUT2D eigenvalue weighted by Gasteiger charge is 2.04. The van der Waals surface area contributed by atoms with E-state index in [-0.39, 0.29) is 0 Å². The monoisotopic (exact) mass is 285 g/mol. The van der Waals surface area contributed by atoms with E-state index < -0.39 is 0 Å². The molecule has 0 aliphatic rings. The Bertz CT molecular complexity index is 745. The summed E-state index contributed by atoms with van der Waals surface area (Å²) in [5.74, 6) is 0.330. The molecule has 22 heavy (non-hydrogen) atoms. The highest BCUT2D eigenvalue weighted by molar-refractivity contribution is 5.63. The maximum Gasteiger partial charge on any atom is 0.0346 e. The van der Waals surface area contributed by atoms with Gasteiger partial charge in [0.2, 0.25) is 0 Å². The fourth-order valence-corrected chi connectivity index (χ4v) is 2.43. The molecular weight excluding hydrogens is 266 g/mol. The van der Waals surface area contributed by atoms with Crippen LogP contribution < -0.4 is 0 Å². The zero-order valence-corrected chi connectivity index (χ0v) is 12.7. The van der Waals surface area contributed by atoms with Gasteiger partial charge in [-0.3, -0.25) is 4.98 Å². The van der Waals surface area contributed by atoms with Crippen LogP contribution in [0, 0.1) is 0 Å². The topological polar surface area (TPSA) is 12.9 Å². The van der Waals surface area contributed by atoms with E-state index in [1.807, 2.05) is 24.5 Å². The summed E-state index contributed by atoms with van der Waals surface area (Å²) in [4.78, 5) is 4.40. The third-order valence-corrected chi connectivity index (χ3v) is 3.77. The molecule has 0 fully saturated rings. The van der Waals surface area contributed by atoms with E-state index >= 15 is 0 Å². The van der Waals surface area contributed by atoms with Crippen LogP contribution in [0.4, 0.5) is 0 Å². The lowest BCUT2D eigenvalue weighted by Crippen LogP contribution is -1.92. The molecule has 3 rings (SSSR count). The van der Waals surface area contributed by atoms with E-state index in [1.54, 1.807) is 0 Å². The number of hydrogen-bond acceptors (Lipinski definition) is 1. The summed E-state index contributed by atoms with van der Waals surface area (Å²) < 4.78 is 0. The van der Waals surface area contributed by atoms with Gasteiger partial charge in [-0.15, -0.1) is 0 Å². The molecule has 0 aliphatic carbocycles. The first-order valence-corrected chi connectivity index (χ1v) is 7.56. The maximum absolute atomic E-state index is 4.40. The summed E-state index contributed by atoms with van der Waals surface area (Å²) in [7, 11) is 0. The molecule has 2 aromatic carbocycles. The summed E-state index contributed by atoms with van der Waals surface area (Å²) >= 11 is 0. The number of aromatic nitrogens is 1. The molecular formula is C21H19N. The van der Waals surface area contributed by atoms with Crippen LogP contribution in [0.3, 0.4) is 0 Å². The number of benzene rings is 2. The Morgan fingerprint density at radius 3 is 2.23 bits per heavy atom. The number of nitrogens with zero attached hydrogens (tertiary/aromatic N) is 1. The van der Waals surface area contributed by atoms with Crippen molar-refractivity contribution in [1.82, 2.24) is 4.98 Å². The Morgan fingerprint density at radius 1 is 0.818 bits per heavy atom. The lowest BCUT2D eigenvalue weighted by atomic mass is 9.98. The van der Waals surface area contributed by atoms with Crippen molar-refractivity contribution in [2.75, 3.05) is 0 Å². The molecule has 1 aromatic heterocycles. The number of allylic oxidation sites excluding steroid dienone is 1. The SMILES string of the molecule is CC(/C=C/c1ccccc1)c1cncc(-c2ccccc2)c1. The van der Waals surface area contributed by atoms with Crippen molar-refractivity contribution in [3.8, 4) is 11.1 Å². The Kier molecular flexibility index (Phi) is 4.45. The lowest BCUT2D eigenvalue weighted by Gasteiger charge is -2.09. The Hall–Kier alpha value is -2.67. The Balaban J connectivity index is 1.81. The average Bonchev–Trinajstić information content (AvgIpc) is 2.61. The molecule has 0 amide bonds. The summed E-state index contributed by atoms with van der Waals surface area (Å²) in [6, 6.07) is 23.0.